The predicted octanol–water partition coefficient (Wildman–Crippen LogP) is 4.51. The van der Waals surface area contributed by atoms with Crippen LogP contribution in [0.1, 0.15) is 12.5 Å². The average Bonchev–Trinajstić information content (AvgIpc) is 2.78. The van der Waals surface area contributed by atoms with Crippen LogP contribution in [0.25, 0.3) is 6.08 Å². The number of halogens is 2. The van der Waals surface area contributed by atoms with E-state index in [1.165, 1.54) is 5.01 Å². The molecule has 2 aromatic rings. The highest BCUT2D eigenvalue weighted by atomic mass is 35.5. The van der Waals surface area contributed by atoms with Crippen molar-refractivity contribution < 1.29 is 9.90 Å². The third-order valence-electron chi connectivity index (χ3n) is 3.39. The second-order valence-electron chi connectivity index (χ2n) is 5.05. The van der Waals surface area contributed by atoms with Crippen molar-refractivity contribution in [3.05, 3.63) is 63.6 Å². The lowest BCUT2D eigenvalue weighted by atomic mass is 10.1. The molecular weight excluding hydrogens is 335 g/mol. The summed E-state index contributed by atoms with van der Waals surface area (Å²) < 4.78 is 0. The molecule has 0 saturated heterocycles. The van der Waals surface area contributed by atoms with Crippen molar-refractivity contribution in [1.29, 1.82) is 0 Å². The smallest absolute Gasteiger partial charge is 0.280 e. The highest BCUT2D eigenvalue weighted by Gasteiger charge is 2.28. The summed E-state index contributed by atoms with van der Waals surface area (Å²) in [5.74, 6) is -0.120. The summed E-state index contributed by atoms with van der Waals surface area (Å²) in [5.41, 5.74) is 2.31. The van der Waals surface area contributed by atoms with Crippen LogP contribution in [-0.4, -0.2) is 16.7 Å². The molecule has 0 unspecified atom stereocenters. The molecule has 0 saturated carbocycles. The van der Waals surface area contributed by atoms with E-state index in [9.17, 15) is 9.90 Å². The summed E-state index contributed by atoms with van der Waals surface area (Å²) in [6.45, 7) is 1.75. The number of amides is 1. The molecule has 4 nitrogen and oxygen atoms in total. The standard InChI is InChI=1S/C17H12Cl2N2O2/c1-10-14(8-11-3-2-4-13(22)7-11)17(23)21(20-10)12-5-6-15(18)16(19)9-12/h2-9,22H,1H3. The van der Waals surface area contributed by atoms with E-state index in [0.29, 0.717) is 27.0 Å². The third-order valence-corrected chi connectivity index (χ3v) is 4.13. The topological polar surface area (TPSA) is 52.9 Å². The van der Waals surface area contributed by atoms with Crippen molar-refractivity contribution in [3.8, 4) is 5.75 Å². The first-order chi connectivity index (χ1) is 11.0. The number of hydrogen-bond donors (Lipinski definition) is 1. The first-order valence-electron chi connectivity index (χ1n) is 6.81. The van der Waals surface area contributed by atoms with Crippen LogP contribution in [0.5, 0.6) is 5.75 Å². The molecule has 1 N–H and O–H groups in total. The van der Waals surface area contributed by atoms with Gasteiger partial charge in [0.2, 0.25) is 0 Å². The summed E-state index contributed by atoms with van der Waals surface area (Å²) in [6.07, 6.45) is 1.69. The number of anilines is 1. The molecule has 116 valence electrons. The van der Waals surface area contributed by atoms with E-state index in [-0.39, 0.29) is 11.7 Å². The molecule has 1 aliphatic rings. The zero-order chi connectivity index (χ0) is 16.6. The van der Waals surface area contributed by atoms with E-state index in [0.717, 1.165) is 5.56 Å². The molecule has 1 amide bonds. The quantitative estimate of drug-likeness (QED) is 0.813. The molecule has 0 spiro atoms. The van der Waals surface area contributed by atoms with Gasteiger partial charge in [-0.2, -0.15) is 10.1 Å². The van der Waals surface area contributed by atoms with E-state index in [2.05, 4.69) is 5.10 Å². The molecule has 0 fully saturated rings. The minimum Gasteiger partial charge on any atom is -0.508 e. The van der Waals surface area contributed by atoms with E-state index < -0.39 is 0 Å². The first kappa shape index (κ1) is 15.6. The fourth-order valence-electron chi connectivity index (χ4n) is 2.26. The fourth-order valence-corrected chi connectivity index (χ4v) is 2.55. The Morgan fingerprint density at radius 1 is 1.13 bits per heavy atom. The van der Waals surface area contributed by atoms with Crippen LogP contribution in [0, 0.1) is 0 Å². The number of hydrazone groups is 1. The molecule has 0 aromatic heterocycles. The van der Waals surface area contributed by atoms with Crippen LogP contribution in [0.3, 0.4) is 0 Å². The molecule has 0 atom stereocenters. The van der Waals surface area contributed by atoms with Crippen LogP contribution in [0.4, 0.5) is 5.69 Å². The Morgan fingerprint density at radius 2 is 1.91 bits per heavy atom. The molecule has 23 heavy (non-hydrogen) atoms. The van der Waals surface area contributed by atoms with Crippen LogP contribution >= 0.6 is 23.2 Å². The largest absolute Gasteiger partial charge is 0.508 e. The highest BCUT2D eigenvalue weighted by molar-refractivity contribution is 6.42. The molecule has 2 aromatic carbocycles. The lowest BCUT2D eigenvalue weighted by molar-refractivity contribution is -0.114. The second-order valence-corrected chi connectivity index (χ2v) is 5.87. The van der Waals surface area contributed by atoms with Gasteiger partial charge in [0.25, 0.3) is 5.91 Å². The van der Waals surface area contributed by atoms with Gasteiger partial charge in [-0.3, -0.25) is 4.79 Å². The van der Waals surface area contributed by atoms with Crippen molar-refractivity contribution in [2.24, 2.45) is 5.10 Å². The summed E-state index contributed by atoms with van der Waals surface area (Å²) in [5, 5.41) is 15.9. The second kappa shape index (κ2) is 6.07. The Labute approximate surface area is 143 Å². The van der Waals surface area contributed by atoms with Crippen LogP contribution in [-0.2, 0) is 4.79 Å². The Balaban J connectivity index is 1.96. The summed E-state index contributed by atoms with van der Waals surface area (Å²) in [6, 6.07) is 11.6. The van der Waals surface area contributed by atoms with E-state index in [4.69, 9.17) is 23.2 Å². The van der Waals surface area contributed by atoms with Crippen molar-refractivity contribution in [1.82, 2.24) is 0 Å². The SMILES string of the molecule is CC1=NN(c2ccc(Cl)c(Cl)c2)C(=O)C1=Cc1cccc(O)c1. The summed E-state index contributed by atoms with van der Waals surface area (Å²) in [4.78, 5) is 12.6. The molecule has 3 rings (SSSR count). The molecule has 0 aliphatic carbocycles. The average molecular weight is 347 g/mol. The van der Waals surface area contributed by atoms with Crippen LogP contribution in [0.15, 0.2) is 53.1 Å². The Hall–Kier alpha value is -2.30. The van der Waals surface area contributed by atoms with Gasteiger partial charge in [0, 0.05) is 0 Å². The fraction of sp³-hybridized carbons (Fsp3) is 0.0588. The first-order valence-corrected chi connectivity index (χ1v) is 7.57. The number of carbonyl (C=O) groups excluding carboxylic acids is 1. The van der Waals surface area contributed by atoms with Crippen LogP contribution < -0.4 is 5.01 Å². The van der Waals surface area contributed by atoms with Crippen molar-refractivity contribution in [3.63, 3.8) is 0 Å². The van der Waals surface area contributed by atoms with Gasteiger partial charge < -0.3 is 5.11 Å². The third kappa shape index (κ3) is 3.09. The lowest BCUT2D eigenvalue weighted by Gasteiger charge is -2.12. The van der Waals surface area contributed by atoms with Gasteiger partial charge >= 0.3 is 0 Å². The number of hydrogen-bond acceptors (Lipinski definition) is 3. The molecular formula is C17H12Cl2N2O2. The minimum absolute atomic E-state index is 0.140. The van der Waals surface area contributed by atoms with Crippen molar-refractivity contribution in [2.75, 3.05) is 5.01 Å². The van der Waals surface area contributed by atoms with Gasteiger partial charge in [-0.15, -0.1) is 0 Å². The maximum atomic E-state index is 12.6. The highest BCUT2D eigenvalue weighted by Crippen LogP contribution is 2.31. The molecule has 1 heterocycles. The number of phenols is 1. The van der Waals surface area contributed by atoms with Gasteiger partial charge in [-0.25, -0.2) is 0 Å². The predicted molar refractivity (Wildman–Crippen MR) is 93.1 cm³/mol. The Morgan fingerprint density at radius 3 is 2.61 bits per heavy atom. The van der Waals surface area contributed by atoms with Gasteiger partial charge in [0.15, 0.2) is 0 Å². The number of nitrogens with zero attached hydrogens (tertiary/aromatic N) is 2. The number of carbonyl (C=O) groups is 1. The van der Waals surface area contributed by atoms with Gasteiger partial charge in [0.1, 0.15) is 5.75 Å². The minimum atomic E-state index is -0.260. The molecule has 0 radical (unpaired) electrons. The zero-order valence-electron chi connectivity index (χ0n) is 12.1. The normalized spacial score (nSPS) is 16.1. The number of rotatable bonds is 2. The van der Waals surface area contributed by atoms with Crippen molar-refractivity contribution in [2.45, 2.75) is 6.92 Å². The maximum absolute atomic E-state index is 12.6. The number of benzene rings is 2. The molecule has 1 aliphatic heterocycles. The number of phenolic OH excluding ortho intramolecular Hbond substituents is 1. The van der Waals surface area contributed by atoms with E-state index in [1.54, 1.807) is 55.5 Å². The summed E-state index contributed by atoms with van der Waals surface area (Å²) >= 11 is 11.9. The Bertz CT molecular complexity index is 859. The Kier molecular flexibility index (Phi) is 4.11. The van der Waals surface area contributed by atoms with Gasteiger partial charge in [-0.05, 0) is 48.9 Å². The lowest BCUT2D eigenvalue weighted by Crippen LogP contribution is -2.21. The van der Waals surface area contributed by atoms with Gasteiger partial charge in [0.05, 0.1) is 27.0 Å². The summed E-state index contributed by atoms with van der Waals surface area (Å²) in [7, 11) is 0. The number of aromatic hydroxyl groups is 1. The van der Waals surface area contributed by atoms with E-state index >= 15 is 0 Å². The maximum Gasteiger partial charge on any atom is 0.280 e. The van der Waals surface area contributed by atoms with Crippen LogP contribution in [0.2, 0.25) is 10.0 Å². The van der Waals surface area contributed by atoms with Gasteiger partial charge in [-0.1, -0.05) is 35.3 Å². The molecule has 6 heteroatoms. The molecule has 0 bridgehead atoms. The monoisotopic (exact) mass is 346 g/mol. The zero-order valence-corrected chi connectivity index (χ0v) is 13.6. The van der Waals surface area contributed by atoms with Crippen molar-refractivity contribution >= 4 is 46.6 Å². The van der Waals surface area contributed by atoms with E-state index in [1.807, 2.05) is 0 Å².